The van der Waals surface area contributed by atoms with Crippen LogP contribution in [-0.2, 0) is 14.8 Å². The van der Waals surface area contributed by atoms with Crippen LogP contribution in [0.1, 0.15) is 24.5 Å². The van der Waals surface area contributed by atoms with Gasteiger partial charge in [0.1, 0.15) is 0 Å². The minimum atomic E-state index is -3.55. The van der Waals surface area contributed by atoms with Gasteiger partial charge in [-0.25, -0.2) is 13.1 Å². The highest BCUT2D eigenvalue weighted by molar-refractivity contribution is 7.89. The van der Waals surface area contributed by atoms with Gasteiger partial charge in [-0.1, -0.05) is 17.7 Å². The first kappa shape index (κ1) is 15.7. The molecule has 0 unspecified atom stereocenters. The SMILES string of the molecule is CCNC(=O)CCNS(=O)(=O)c1ccc(C)cc1C. The number of hydrogen-bond donors (Lipinski definition) is 2. The molecule has 1 aromatic carbocycles. The van der Waals surface area contributed by atoms with Gasteiger partial charge in [0.25, 0.3) is 0 Å². The van der Waals surface area contributed by atoms with Gasteiger partial charge in [-0.15, -0.1) is 0 Å². The van der Waals surface area contributed by atoms with Gasteiger partial charge < -0.3 is 5.32 Å². The highest BCUT2D eigenvalue weighted by Gasteiger charge is 2.16. The molecule has 0 aliphatic carbocycles. The summed E-state index contributed by atoms with van der Waals surface area (Å²) in [6.07, 6.45) is 0.137. The third-order valence-corrected chi connectivity index (χ3v) is 4.26. The van der Waals surface area contributed by atoms with Crippen LogP contribution in [0.3, 0.4) is 0 Å². The first-order valence-electron chi connectivity index (χ1n) is 6.20. The molecule has 0 aliphatic rings. The Labute approximate surface area is 114 Å². The van der Waals surface area contributed by atoms with Crippen LogP contribution >= 0.6 is 0 Å². The van der Waals surface area contributed by atoms with E-state index in [1.165, 1.54) is 0 Å². The zero-order valence-electron chi connectivity index (χ0n) is 11.5. The lowest BCUT2D eigenvalue weighted by Crippen LogP contribution is -2.31. The van der Waals surface area contributed by atoms with Gasteiger partial charge in [-0.2, -0.15) is 0 Å². The number of amides is 1. The maximum Gasteiger partial charge on any atom is 0.240 e. The molecular weight excluding hydrogens is 264 g/mol. The molecule has 2 N–H and O–H groups in total. The third-order valence-electron chi connectivity index (χ3n) is 2.64. The van der Waals surface area contributed by atoms with Crippen LogP contribution in [0.4, 0.5) is 0 Å². The second kappa shape index (κ2) is 6.68. The first-order valence-corrected chi connectivity index (χ1v) is 7.68. The molecule has 5 nitrogen and oxygen atoms in total. The molecule has 0 heterocycles. The molecular formula is C13H20N2O3S. The topological polar surface area (TPSA) is 75.3 Å². The van der Waals surface area contributed by atoms with E-state index in [9.17, 15) is 13.2 Å². The van der Waals surface area contributed by atoms with E-state index in [0.717, 1.165) is 5.56 Å². The van der Waals surface area contributed by atoms with Crippen LogP contribution in [0, 0.1) is 13.8 Å². The molecule has 1 amide bonds. The molecule has 0 aromatic heterocycles. The van der Waals surface area contributed by atoms with Crippen LogP contribution < -0.4 is 10.0 Å². The van der Waals surface area contributed by atoms with Crippen molar-refractivity contribution in [2.75, 3.05) is 13.1 Å². The van der Waals surface area contributed by atoms with Crippen LogP contribution in [0.25, 0.3) is 0 Å². The van der Waals surface area contributed by atoms with Gasteiger partial charge in [0.15, 0.2) is 0 Å². The Hall–Kier alpha value is -1.40. The quantitative estimate of drug-likeness (QED) is 0.821. The van der Waals surface area contributed by atoms with Gasteiger partial charge in [-0.05, 0) is 32.4 Å². The Balaban J connectivity index is 2.68. The largest absolute Gasteiger partial charge is 0.356 e. The fraction of sp³-hybridized carbons (Fsp3) is 0.462. The first-order chi connectivity index (χ1) is 8.86. The number of carbonyl (C=O) groups excluding carboxylic acids is 1. The predicted molar refractivity (Wildman–Crippen MR) is 74.4 cm³/mol. The molecule has 0 fully saturated rings. The van der Waals surface area contributed by atoms with Crippen molar-refractivity contribution in [1.29, 1.82) is 0 Å². The van der Waals surface area contributed by atoms with Crippen LogP contribution in [-0.4, -0.2) is 27.4 Å². The monoisotopic (exact) mass is 284 g/mol. The van der Waals surface area contributed by atoms with Crippen molar-refractivity contribution in [3.63, 3.8) is 0 Å². The molecule has 0 atom stereocenters. The molecule has 0 spiro atoms. The lowest BCUT2D eigenvalue weighted by molar-refractivity contribution is -0.120. The summed E-state index contributed by atoms with van der Waals surface area (Å²) in [4.78, 5) is 11.5. The van der Waals surface area contributed by atoms with E-state index in [0.29, 0.717) is 12.1 Å². The molecule has 0 radical (unpaired) electrons. The number of benzene rings is 1. The number of aryl methyl sites for hydroxylation is 2. The third kappa shape index (κ3) is 4.65. The van der Waals surface area contributed by atoms with Gasteiger partial charge in [0.05, 0.1) is 4.90 Å². The normalized spacial score (nSPS) is 11.3. The number of nitrogens with one attached hydrogen (secondary N) is 2. The number of sulfonamides is 1. The highest BCUT2D eigenvalue weighted by Crippen LogP contribution is 2.15. The summed E-state index contributed by atoms with van der Waals surface area (Å²) in [5.74, 6) is -0.161. The Bertz CT molecular complexity index is 553. The van der Waals surface area contributed by atoms with E-state index in [1.54, 1.807) is 19.1 Å². The smallest absolute Gasteiger partial charge is 0.240 e. The van der Waals surface area contributed by atoms with Crippen molar-refractivity contribution < 1.29 is 13.2 Å². The highest BCUT2D eigenvalue weighted by atomic mass is 32.2. The van der Waals surface area contributed by atoms with Gasteiger partial charge in [-0.3, -0.25) is 4.79 Å². The summed E-state index contributed by atoms with van der Waals surface area (Å²) >= 11 is 0. The second-order valence-electron chi connectivity index (χ2n) is 4.37. The molecule has 1 aromatic rings. The maximum atomic E-state index is 12.1. The maximum absolute atomic E-state index is 12.1. The molecule has 1 rings (SSSR count). The average Bonchev–Trinajstić information content (AvgIpc) is 2.28. The predicted octanol–water partition coefficient (Wildman–Crippen LogP) is 1.11. The summed E-state index contributed by atoms with van der Waals surface area (Å²) in [5, 5.41) is 2.62. The van der Waals surface area contributed by atoms with Crippen molar-refractivity contribution >= 4 is 15.9 Å². The zero-order chi connectivity index (χ0) is 14.5. The molecule has 6 heteroatoms. The van der Waals surface area contributed by atoms with Gasteiger partial charge in [0.2, 0.25) is 15.9 Å². The Morgan fingerprint density at radius 3 is 2.53 bits per heavy atom. The molecule has 0 saturated heterocycles. The number of rotatable bonds is 6. The number of carbonyl (C=O) groups is 1. The molecule has 19 heavy (non-hydrogen) atoms. The average molecular weight is 284 g/mol. The van der Waals surface area contributed by atoms with Gasteiger partial charge in [0, 0.05) is 19.5 Å². The fourth-order valence-corrected chi connectivity index (χ4v) is 3.02. The van der Waals surface area contributed by atoms with E-state index < -0.39 is 10.0 Å². The molecule has 106 valence electrons. The minimum absolute atomic E-state index is 0.0987. The summed E-state index contributed by atoms with van der Waals surface area (Å²) in [6, 6.07) is 5.16. The second-order valence-corrected chi connectivity index (χ2v) is 6.11. The number of hydrogen-bond acceptors (Lipinski definition) is 3. The summed E-state index contributed by atoms with van der Waals surface area (Å²) < 4.78 is 26.6. The van der Waals surface area contributed by atoms with Crippen molar-refractivity contribution in [2.24, 2.45) is 0 Å². The summed E-state index contributed by atoms with van der Waals surface area (Å²) in [6.45, 7) is 6.12. The van der Waals surface area contributed by atoms with Crippen molar-refractivity contribution in [3.05, 3.63) is 29.3 Å². The van der Waals surface area contributed by atoms with E-state index in [2.05, 4.69) is 10.0 Å². The van der Waals surface area contributed by atoms with Crippen molar-refractivity contribution in [1.82, 2.24) is 10.0 Å². The van der Waals surface area contributed by atoms with E-state index in [1.807, 2.05) is 19.9 Å². The Morgan fingerprint density at radius 2 is 1.95 bits per heavy atom. The molecule has 0 saturated carbocycles. The van der Waals surface area contributed by atoms with Crippen molar-refractivity contribution in [3.8, 4) is 0 Å². The summed E-state index contributed by atoms with van der Waals surface area (Å²) in [5.41, 5.74) is 1.71. The Morgan fingerprint density at radius 1 is 1.26 bits per heavy atom. The van der Waals surface area contributed by atoms with Crippen LogP contribution in [0.15, 0.2) is 23.1 Å². The zero-order valence-corrected chi connectivity index (χ0v) is 12.3. The Kier molecular flexibility index (Phi) is 5.50. The van der Waals surface area contributed by atoms with Crippen LogP contribution in [0.5, 0.6) is 0 Å². The van der Waals surface area contributed by atoms with Crippen molar-refractivity contribution in [2.45, 2.75) is 32.1 Å². The standard InChI is InChI=1S/C13H20N2O3S/c1-4-14-13(16)7-8-15-19(17,18)12-6-5-10(2)9-11(12)3/h5-6,9,15H,4,7-8H2,1-3H3,(H,14,16). The van der Waals surface area contributed by atoms with E-state index in [4.69, 9.17) is 0 Å². The lowest BCUT2D eigenvalue weighted by Gasteiger charge is -2.09. The summed E-state index contributed by atoms with van der Waals surface area (Å²) in [7, 11) is -3.55. The molecule has 0 aliphatic heterocycles. The fourth-order valence-electron chi connectivity index (χ4n) is 1.76. The van der Waals surface area contributed by atoms with Crippen LogP contribution in [0.2, 0.25) is 0 Å². The molecule has 0 bridgehead atoms. The lowest BCUT2D eigenvalue weighted by atomic mass is 10.2. The van der Waals surface area contributed by atoms with Gasteiger partial charge >= 0.3 is 0 Å². The van der Waals surface area contributed by atoms with E-state index in [-0.39, 0.29) is 23.8 Å². The van der Waals surface area contributed by atoms with E-state index >= 15 is 0 Å². The minimum Gasteiger partial charge on any atom is -0.356 e.